The van der Waals surface area contributed by atoms with Crippen LogP contribution in [0.25, 0.3) is 0 Å². The Morgan fingerprint density at radius 2 is 2.42 bits per heavy atom. The number of nitrogens with one attached hydrogen (secondary N) is 1. The van der Waals surface area contributed by atoms with Gasteiger partial charge in [0.15, 0.2) is 0 Å². The molecule has 3 nitrogen and oxygen atoms in total. The molecular formula is C15H19N3S. The Labute approximate surface area is 118 Å². The molecule has 1 aliphatic heterocycles. The van der Waals surface area contributed by atoms with Crippen LogP contribution in [-0.4, -0.2) is 25.1 Å². The van der Waals surface area contributed by atoms with Crippen molar-refractivity contribution in [3.8, 4) is 0 Å². The SMILES string of the molecule is CNCC[C@H](c1ccsc1)N1CCc2ncccc21. The van der Waals surface area contributed by atoms with Gasteiger partial charge >= 0.3 is 0 Å². The zero-order valence-corrected chi connectivity index (χ0v) is 12.0. The minimum Gasteiger partial charge on any atom is -0.363 e. The van der Waals surface area contributed by atoms with Crippen LogP contribution in [0.4, 0.5) is 5.69 Å². The van der Waals surface area contributed by atoms with Crippen molar-refractivity contribution < 1.29 is 0 Å². The zero-order chi connectivity index (χ0) is 13.1. The lowest BCUT2D eigenvalue weighted by Gasteiger charge is -2.30. The molecule has 0 unspecified atom stereocenters. The van der Waals surface area contributed by atoms with Gasteiger partial charge in [-0.2, -0.15) is 11.3 Å². The van der Waals surface area contributed by atoms with E-state index in [0.717, 1.165) is 25.9 Å². The largest absolute Gasteiger partial charge is 0.363 e. The van der Waals surface area contributed by atoms with E-state index in [-0.39, 0.29) is 0 Å². The highest BCUT2D eigenvalue weighted by molar-refractivity contribution is 7.08. The first kappa shape index (κ1) is 12.6. The minimum atomic E-state index is 0.462. The molecule has 3 heterocycles. The van der Waals surface area contributed by atoms with Crippen molar-refractivity contribution in [2.75, 3.05) is 25.0 Å². The van der Waals surface area contributed by atoms with Crippen LogP contribution in [0, 0.1) is 0 Å². The molecule has 0 saturated heterocycles. The molecule has 0 saturated carbocycles. The van der Waals surface area contributed by atoms with E-state index in [0.29, 0.717) is 6.04 Å². The van der Waals surface area contributed by atoms with Crippen molar-refractivity contribution in [2.45, 2.75) is 18.9 Å². The summed E-state index contributed by atoms with van der Waals surface area (Å²) in [5, 5.41) is 7.71. The van der Waals surface area contributed by atoms with Crippen molar-refractivity contribution in [1.82, 2.24) is 10.3 Å². The Balaban J connectivity index is 1.89. The summed E-state index contributed by atoms with van der Waals surface area (Å²) >= 11 is 1.78. The molecule has 4 heteroatoms. The van der Waals surface area contributed by atoms with Crippen LogP contribution in [-0.2, 0) is 6.42 Å². The van der Waals surface area contributed by atoms with E-state index < -0.39 is 0 Å². The predicted molar refractivity (Wildman–Crippen MR) is 80.9 cm³/mol. The predicted octanol–water partition coefficient (Wildman–Crippen LogP) is 2.86. The number of nitrogens with zero attached hydrogens (tertiary/aromatic N) is 2. The molecule has 0 fully saturated rings. The van der Waals surface area contributed by atoms with Gasteiger partial charge in [-0.05, 0) is 54.5 Å². The second-order valence-electron chi connectivity index (χ2n) is 4.88. The molecule has 19 heavy (non-hydrogen) atoms. The monoisotopic (exact) mass is 273 g/mol. The summed E-state index contributed by atoms with van der Waals surface area (Å²) in [6.45, 7) is 2.11. The lowest BCUT2D eigenvalue weighted by Crippen LogP contribution is -2.29. The highest BCUT2D eigenvalue weighted by Crippen LogP contribution is 2.36. The van der Waals surface area contributed by atoms with Gasteiger partial charge < -0.3 is 10.2 Å². The maximum atomic E-state index is 4.50. The molecule has 0 aliphatic carbocycles. The Bertz CT molecular complexity index is 524. The number of anilines is 1. The fraction of sp³-hybridized carbons (Fsp3) is 0.400. The normalized spacial score (nSPS) is 15.5. The van der Waals surface area contributed by atoms with Crippen molar-refractivity contribution in [2.24, 2.45) is 0 Å². The standard InChI is InChI=1S/C15H19N3S/c1-16-8-4-14(12-6-10-19-11-12)18-9-5-13-15(18)3-2-7-17-13/h2-3,6-7,10-11,14,16H,4-5,8-9H2,1H3/t14-/m1/s1. The molecule has 0 amide bonds. The van der Waals surface area contributed by atoms with Gasteiger partial charge in [-0.15, -0.1) is 0 Å². The van der Waals surface area contributed by atoms with Gasteiger partial charge in [-0.3, -0.25) is 4.98 Å². The number of pyridine rings is 1. The Morgan fingerprint density at radius 3 is 3.21 bits per heavy atom. The number of rotatable bonds is 5. The Kier molecular flexibility index (Phi) is 3.80. The fourth-order valence-electron chi connectivity index (χ4n) is 2.80. The summed E-state index contributed by atoms with van der Waals surface area (Å²) in [5.74, 6) is 0. The van der Waals surface area contributed by atoms with Gasteiger partial charge in [0.05, 0.1) is 17.4 Å². The molecule has 1 N–H and O–H groups in total. The number of thiophene rings is 1. The van der Waals surface area contributed by atoms with Gasteiger partial charge in [-0.1, -0.05) is 0 Å². The van der Waals surface area contributed by atoms with Crippen LogP contribution >= 0.6 is 11.3 Å². The molecule has 1 atom stereocenters. The third-order valence-electron chi connectivity index (χ3n) is 3.74. The highest BCUT2D eigenvalue weighted by atomic mass is 32.1. The second-order valence-corrected chi connectivity index (χ2v) is 5.66. The van der Waals surface area contributed by atoms with Crippen LogP contribution < -0.4 is 10.2 Å². The first-order chi connectivity index (χ1) is 9.40. The summed E-state index contributed by atoms with van der Waals surface area (Å²) in [4.78, 5) is 7.01. The number of fused-ring (bicyclic) bond motifs is 1. The van der Waals surface area contributed by atoms with Crippen LogP contribution in [0.15, 0.2) is 35.2 Å². The third kappa shape index (κ3) is 2.51. The number of hydrogen-bond acceptors (Lipinski definition) is 4. The summed E-state index contributed by atoms with van der Waals surface area (Å²) in [5.41, 5.74) is 3.99. The van der Waals surface area contributed by atoms with Crippen LogP contribution in [0.2, 0.25) is 0 Å². The first-order valence-corrected chi connectivity index (χ1v) is 7.71. The summed E-state index contributed by atoms with van der Waals surface area (Å²) in [6.07, 6.45) is 4.09. The van der Waals surface area contributed by atoms with Crippen LogP contribution in [0.1, 0.15) is 23.7 Å². The maximum Gasteiger partial charge on any atom is 0.0654 e. The van der Waals surface area contributed by atoms with E-state index in [1.807, 2.05) is 19.3 Å². The summed E-state index contributed by atoms with van der Waals surface area (Å²) in [7, 11) is 2.02. The van der Waals surface area contributed by atoms with Crippen molar-refractivity contribution >= 4 is 17.0 Å². The summed E-state index contributed by atoms with van der Waals surface area (Å²) in [6, 6.07) is 6.96. The van der Waals surface area contributed by atoms with Crippen molar-refractivity contribution in [3.05, 3.63) is 46.4 Å². The van der Waals surface area contributed by atoms with Crippen LogP contribution in [0.3, 0.4) is 0 Å². The van der Waals surface area contributed by atoms with Gasteiger partial charge in [0, 0.05) is 19.2 Å². The van der Waals surface area contributed by atoms with E-state index in [9.17, 15) is 0 Å². The van der Waals surface area contributed by atoms with Gasteiger partial charge in [0.1, 0.15) is 0 Å². The topological polar surface area (TPSA) is 28.2 Å². The molecule has 100 valence electrons. The molecule has 2 aromatic rings. The van der Waals surface area contributed by atoms with E-state index in [1.54, 1.807) is 11.3 Å². The van der Waals surface area contributed by atoms with Gasteiger partial charge in [-0.25, -0.2) is 0 Å². The average molecular weight is 273 g/mol. The first-order valence-electron chi connectivity index (χ1n) is 6.77. The Morgan fingerprint density at radius 1 is 1.47 bits per heavy atom. The van der Waals surface area contributed by atoms with Crippen LogP contribution in [0.5, 0.6) is 0 Å². The van der Waals surface area contributed by atoms with Crippen molar-refractivity contribution in [1.29, 1.82) is 0 Å². The van der Waals surface area contributed by atoms with Gasteiger partial charge in [0.2, 0.25) is 0 Å². The number of aromatic nitrogens is 1. The smallest absolute Gasteiger partial charge is 0.0654 e. The van der Waals surface area contributed by atoms with E-state index in [2.05, 4.69) is 38.1 Å². The Hall–Kier alpha value is -1.39. The van der Waals surface area contributed by atoms with E-state index in [4.69, 9.17) is 0 Å². The molecule has 0 aromatic carbocycles. The highest BCUT2D eigenvalue weighted by Gasteiger charge is 2.27. The molecule has 0 radical (unpaired) electrons. The minimum absolute atomic E-state index is 0.462. The maximum absolute atomic E-state index is 4.50. The molecule has 0 spiro atoms. The van der Waals surface area contributed by atoms with Crippen molar-refractivity contribution in [3.63, 3.8) is 0 Å². The molecule has 1 aliphatic rings. The van der Waals surface area contributed by atoms with E-state index >= 15 is 0 Å². The average Bonchev–Trinajstić information content (AvgIpc) is 3.09. The lowest BCUT2D eigenvalue weighted by molar-refractivity contribution is 0.570. The fourth-order valence-corrected chi connectivity index (χ4v) is 3.51. The second kappa shape index (κ2) is 5.72. The lowest BCUT2D eigenvalue weighted by atomic mass is 10.1. The molecular weight excluding hydrogens is 254 g/mol. The van der Waals surface area contributed by atoms with Gasteiger partial charge in [0.25, 0.3) is 0 Å². The quantitative estimate of drug-likeness (QED) is 0.908. The third-order valence-corrected chi connectivity index (χ3v) is 4.44. The zero-order valence-electron chi connectivity index (χ0n) is 11.2. The molecule has 2 aromatic heterocycles. The summed E-state index contributed by atoms with van der Waals surface area (Å²) < 4.78 is 0. The number of hydrogen-bond donors (Lipinski definition) is 1. The molecule has 0 bridgehead atoms. The molecule has 3 rings (SSSR count). The van der Waals surface area contributed by atoms with E-state index in [1.165, 1.54) is 16.9 Å².